The lowest BCUT2D eigenvalue weighted by molar-refractivity contribution is 0.0997. The number of anilines is 1. The second-order valence-electron chi connectivity index (χ2n) is 6.64. The van der Waals surface area contributed by atoms with Gasteiger partial charge in [-0.3, -0.25) is 14.1 Å². The summed E-state index contributed by atoms with van der Waals surface area (Å²) in [5.74, 6) is 0.708. The maximum absolute atomic E-state index is 12.7. The first kappa shape index (κ1) is 21.8. The number of nitrogens with two attached hydrogens (primary N) is 1. The minimum Gasteiger partial charge on any atom is -0.496 e. The van der Waals surface area contributed by atoms with E-state index in [9.17, 15) is 13.2 Å². The Hall–Kier alpha value is -4.45. The Kier molecular flexibility index (Phi) is 5.91. The molecule has 4 aromatic rings. The summed E-state index contributed by atoms with van der Waals surface area (Å²) in [7, 11) is -2.62. The van der Waals surface area contributed by atoms with Crippen LogP contribution >= 0.6 is 0 Å². The van der Waals surface area contributed by atoms with Gasteiger partial charge in [-0.1, -0.05) is 0 Å². The Morgan fingerprint density at radius 3 is 2.55 bits per heavy atom. The molecule has 11 nitrogen and oxygen atoms in total. The van der Waals surface area contributed by atoms with Crippen LogP contribution in [0.4, 0.5) is 5.69 Å². The van der Waals surface area contributed by atoms with Crippen LogP contribution in [0.2, 0.25) is 0 Å². The Morgan fingerprint density at radius 1 is 1.09 bits per heavy atom. The first-order valence-electron chi connectivity index (χ1n) is 9.45. The topological polar surface area (TPSA) is 151 Å². The van der Waals surface area contributed by atoms with Gasteiger partial charge >= 0.3 is 0 Å². The van der Waals surface area contributed by atoms with Crippen LogP contribution in [0.1, 0.15) is 10.4 Å². The van der Waals surface area contributed by atoms with Crippen LogP contribution in [0.3, 0.4) is 0 Å². The van der Waals surface area contributed by atoms with Crippen LogP contribution in [0.25, 0.3) is 5.82 Å². The van der Waals surface area contributed by atoms with E-state index in [4.69, 9.17) is 15.2 Å². The van der Waals surface area contributed by atoms with Gasteiger partial charge in [-0.2, -0.15) is 0 Å². The molecule has 0 bridgehead atoms. The van der Waals surface area contributed by atoms with Gasteiger partial charge in [0.15, 0.2) is 0 Å². The molecule has 0 aliphatic rings. The molecule has 0 saturated carbocycles. The third-order valence-electron chi connectivity index (χ3n) is 4.47. The number of aromatic nitrogens is 4. The highest BCUT2D eigenvalue weighted by molar-refractivity contribution is 7.92. The standard InChI is InChI=1S/C21H18N6O5S/c1-31-18-7-6-16(10-17(18)21(22)28)33(29,30)26-14-2-4-15(5-3-14)32-20-11-19(24-12-25-20)27-9-8-23-13-27/h2-13,26H,1H3,(H2,22,28). The highest BCUT2D eigenvalue weighted by atomic mass is 32.2. The number of sulfonamides is 1. The van der Waals surface area contributed by atoms with Gasteiger partial charge in [0.2, 0.25) is 5.88 Å². The fourth-order valence-electron chi connectivity index (χ4n) is 2.89. The fraction of sp³-hybridized carbons (Fsp3) is 0.0476. The van der Waals surface area contributed by atoms with Crippen molar-refractivity contribution in [2.75, 3.05) is 11.8 Å². The van der Waals surface area contributed by atoms with E-state index < -0.39 is 15.9 Å². The molecule has 0 aliphatic heterocycles. The zero-order valence-corrected chi connectivity index (χ0v) is 18.1. The van der Waals surface area contributed by atoms with E-state index in [0.717, 1.165) is 6.07 Å². The average Bonchev–Trinajstić information content (AvgIpc) is 3.35. The van der Waals surface area contributed by atoms with Gasteiger partial charge in [0.25, 0.3) is 15.9 Å². The maximum atomic E-state index is 12.7. The summed E-state index contributed by atoms with van der Waals surface area (Å²) in [6.07, 6.45) is 6.33. The number of benzene rings is 2. The van der Waals surface area contributed by atoms with Gasteiger partial charge in [0, 0.05) is 24.1 Å². The fourth-order valence-corrected chi connectivity index (χ4v) is 3.98. The number of hydrogen-bond acceptors (Lipinski definition) is 8. The van der Waals surface area contributed by atoms with Gasteiger partial charge < -0.3 is 15.2 Å². The van der Waals surface area contributed by atoms with Crippen molar-refractivity contribution < 1.29 is 22.7 Å². The number of hydrogen-bond donors (Lipinski definition) is 2. The number of nitrogens with one attached hydrogen (secondary N) is 1. The lowest BCUT2D eigenvalue weighted by Crippen LogP contribution is -2.16. The third kappa shape index (κ3) is 4.91. The normalized spacial score (nSPS) is 11.1. The monoisotopic (exact) mass is 466 g/mol. The molecule has 0 spiro atoms. The first-order chi connectivity index (χ1) is 15.9. The quantitative estimate of drug-likeness (QED) is 0.401. The minimum absolute atomic E-state index is 0.0379. The lowest BCUT2D eigenvalue weighted by atomic mass is 10.2. The Labute approximate surface area is 188 Å². The van der Waals surface area contributed by atoms with Crippen LogP contribution in [0.5, 0.6) is 17.4 Å². The molecule has 1 amide bonds. The lowest BCUT2D eigenvalue weighted by Gasteiger charge is -2.12. The summed E-state index contributed by atoms with van der Waals surface area (Å²) in [5.41, 5.74) is 5.56. The largest absolute Gasteiger partial charge is 0.496 e. The van der Waals surface area contributed by atoms with Gasteiger partial charge in [0.05, 0.1) is 17.6 Å². The van der Waals surface area contributed by atoms with Crippen molar-refractivity contribution in [2.45, 2.75) is 4.90 Å². The van der Waals surface area contributed by atoms with Crippen molar-refractivity contribution in [3.05, 3.63) is 79.1 Å². The number of imidazole rings is 1. The molecule has 4 rings (SSSR count). The van der Waals surface area contributed by atoms with Crippen molar-refractivity contribution >= 4 is 21.6 Å². The average molecular weight is 466 g/mol. The second-order valence-corrected chi connectivity index (χ2v) is 8.33. The first-order valence-corrected chi connectivity index (χ1v) is 10.9. The van der Waals surface area contributed by atoms with E-state index in [2.05, 4.69) is 19.7 Å². The molecule has 0 fully saturated rings. The summed E-state index contributed by atoms with van der Waals surface area (Å²) >= 11 is 0. The van der Waals surface area contributed by atoms with Crippen LogP contribution in [-0.2, 0) is 10.0 Å². The molecule has 33 heavy (non-hydrogen) atoms. The molecule has 2 aromatic heterocycles. The molecule has 2 heterocycles. The Bertz CT molecular complexity index is 1390. The Morgan fingerprint density at radius 2 is 1.88 bits per heavy atom. The third-order valence-corrected chi connectivity index (χ3v) is 5.85. The second kappa shape index (κ2) is 8.96. The molecular formula is C21H18N6O5S. The summed E-state index contributed by atoms with van der Waals surface area (Å²) in [4.78, 5) is 23.7. The molecule has 2 aromatic carbocycles. The SMILES string of the molecule is COc1ccc(S(=O)(=O)Nc2ccc(Oc3cc(-n4ccnc4)ncn3)cc2)cc1C(N)=O. The minimum atomic E-state index is -3.98. The van der Waals surface area contributed by atoms with Crippen molar-refractivity contribution in [3.8, 4) is 23.2 Å². The summed E-state index contributed by atoms with van der Waals surface area (Å²) in [6.45, 7) is 0. The van der Waals surface area contributed by atoms with Crippen LogP contribution in [0.15, 0.2) is 78.5 Å². The van der Waals surface area contributed by atoms with Crippen molar-refractivity contribution in [2.24, 2.45) is 5.73 Å². The molecule has 12 heteroatoms. The highest BCUT2D eigenvalue weighted by Crippen LogP contribution is 2.26. The van der Waals surface area contributed by atoms with Crippen molar-refractivity contribution in [1.29, 1.82) is 0 Å². The summed E-state index contributed by atoms with van der Waals surface area (Å²) in [5, 5.41) is 0. The van der Waals surface area contributed by atoms with E-state index in [0.29, 0.717) is 23.1 Å². The van der Waals surface area contributed by atoms with Crippen LogP contribution in [0, 0.1) is 0 Å². The molecule has 168 valence electrons. The van der Waals surface area contributed by atoms with E-state index in [1.54, 1.807) is 41.5 Å². The number of primary amides is 1. The predicted molar refractivity (Wildman–Crippen MR) is 118 cm³/mol. The number of nitrogens with zero attached hydrogens (tertiary/aromatic N) is 4. The predicted octanol–water partition coefficient (Wildman–Crippen LogP) is 2.36. The molecule has 0 atom stereocenters. The van der Waals surface area contributed by atoms with E-state index in [-0.39, 0.29) is 16.2 Å². The summed E-state index contributed by atoms with van der Waals surface area (Å²) in [6, 6.07) is 11.7. The molecule has 0 saturated heterocycles. The van der Waals surface area contributed by atoms with Crippen molar-refractivity contribution in [1.82, 2.24) is 19.5 Å². The van der Waals surface area contributed by atoms with Gasteiger partial charge in [0.1, 0.15) is 30.0 Å². The number of ether oxygens (including phenoxy) is 2. The van der Waals surface area contributed by atoms with Gasteiger partial charge in [-0.25, -0.2) is 23.4 Å². The molecule has 0 radical (unpaired) electrons. The van der Waals surface area contributed by atoms with Gasteiger partial charge in [-0.15, -0.1) is 0 Å². The highest BCUT2D eigenvalue weighted by Gasteiger charge is 2.19. The van der Waals surface area contributed by atoms with E-state index >= 15 is 0 Å². The van der Waals surface area contributed by atoms with E-state index in [1.165, 1.54) is 37.7 Å². The van der Waals surface area contributed by atoms with Crippen molar-refractivity contribution in [3.63, 3.8) is 0 Å². The number of amides is 1. The van der Waals surface area contributed by atoms with E-state index in [1.807, 2.05) is 0 Å². The number of carbonyl (C=O) groups is 1. The van der Waals surface area contributed by atoms with Crippen LogP contribution < -0.4 is 19.9 Å². The smallest absolute Gasteiger partial charge is 0.261 e. The summed E-state index contributed by atoms with van der Waals surface area (Å²) < 4.78 is 40.4. The zero-order valence-electron chi connectivity index (χ0n) is 17.2. The van der Waals surface area contributed by atoms with Crippen LogP contribution in [-0.4, -0.2) is 41.0 Å². The molecular weight excluding hydrogens is 448 g/mol. The maximum Gasteiger partial charge on any atom is 0.261 e. The molecule has 0 unspecified atom stereocenters. The Balaban J connectivity index is 1.49. The molecule has 0 aliphatic carbocycles. The van der Waals surface area contributed by atoms with Gasteiger partial charge in [-0.05, 0) is 42.5 Å². The number of carbonyl (C=O) groups excluding carboxylic acids is 1. The number of methoxy groups -OCH3 is 1. The molecule has 3 N–H and O–H groups in total. The zero-order chi connectivity index (χ0) is 23.4. The number of rotatable bonds is 8.